The number of hydrogen-bond donors (Lipinski definition) is 1. The average Bonchev–Trinajstić information content (AvgIpc) is 2.45. The number of benzene rings is 1. The van der Waals surface area contributed by atoms with Gasteiger partial charge in [-0.1, -0.05) is 29.6 Å². The summed E-state index contributed by atoms with van der Waals surface area (Å²) in [6.45, 7) is 6.37. The summed E-state index contributed by atoms with van der Waals surface area (Å²) in [5.41, 5.74) is 0.823. The summed E-state index contributed by atoms with van der Waals surface area (Å²) in [5, 5.41) is 11.1. The van der Waals surface area contributed by atoms with E-state index in [0.717, 1.165) is 18.7 Å². The molecule has 0 saturated carbocycles. The maximum absolute atomic E-state index is 10.1. The molecule has 2 aliphatic heterocycles. The third-order valence-electron chi connectivity index (χ3n) is 4.80. The molecule has 0 aliphatic carbocycles. The van der Waals surface area contributed by atoms with Gasteiger partial charge in [0.15, 0.2) is 0 Å². The van der Waals surface area contributed by atoms with E-state index in [0.29, 0.717) is 28.7 Å². The monoisotopic (exact) mass is 328 g/mol. The molecule has 2 saturated heterocycles. The van der Waals surface area contributed by atoms with Gasteiger partial charge in [0, 0.05) is 42.3 Å². The Bertz CT molecular complexity index is 523. The van der Waals surface area contributed by atoms with Gasteiger partial charge in [-0.2, -0.15) is 0 Å². The molecule has 5 heteroatoms. The molecule has 0 radical (unpaired) electrons. The molecule has 3 nitrogen and oxygen atoms in total. The second kappa shape index (κ2) is 6.33. The smallest absolute Gasteiger partial charge is 0.138 e. The van der Waals surface area contributed by atoms with Crippen LogP contribution in [0.25, 0.3) is 0 Å². The van der Waals surface area contributed by atoms with Crippen LogP contribution >= 0.6 is 23.2 Å². The highest BCUT2D eigenvalue weighted by molar-refractivity contribution is 6.35. The third-order valence-corrected chi connectivity index (χ3v) is 5.30. The van der Waals surface area contributed by atoms with Gasteiger partial charge in [0.25, 0.3) is 0 Å². The van der Waals surface area contributed by atoms with Gasteiger partial charge in [0.2, 0.25) is 0 Å². The topological polar surface area (TPSA) is 26.7 Å². The zero-order valence-corrected chi connectivity index (χ0v) is 13.9. The number of nitrogens with zero attached hydrogens (tertiary/aromatic N) is 2. The minimum Gasteiger partial charge on any atom is -0.506 e. The molecule has 0 bridgehead atoms. The van der Waals surface area contributed by atoms with Crippen LogP contribution in [0.5, 0.6) is 5.75 Å². The number of halogens is 2. The van der Waals surface area contributed by atoms with Crippen LogP contribution < -0.4 is 0 Å². The largest absolute Gasteiger partial charge is 0.506 e. The van der Waals surface area contributed by atoms with Gasteiger partial charge >= 0.3 is 0 Å². The fourth-order valence-electron chi connectivity index (χ4n) is 3.59. The Morgan fingerprint density at radius 3 is 2.86 bits per heavy atom. The number of hydrogen-bond acceptors (Lipinski definition) is 3. The highest BCUT2D eigenvalue weighted by atomic mass is 35.5. The summed E-state index contributed by atoms with van der Waals surface area (Å²) in [6, 6.07) is 4.55. The molecule has 2 unspecified atom stereocenters. The Balaban J connectivity index is 1.75. The molecule has 0 amide bonds. The van der Waals surface area contributed by atoms with Crippen LogP contribution in [-0.2, 0) is 6.54 Å². The van der Waals surface area contributed by atoms with Crippen molar-refractivity contribution in [3.8, 4) is 5.75 Å². The average molecular weight is 329 g/mol. The fourth-order valence-corrected chi connectivity index (χ4v) is 4.13. The van der Waals surface area contributed by atoms with E-state index in [4.69, 9.17) is 23.2 Å². The lowest BCUT2D eigenvalue weighted by Crippen LogP contribution is -2.58. The SMILES string of the molecule is CC1CN2CCCCC2CN1Cc1cc(Cl)cc(Cl)c1O. The normalized spacial score (nSPS) is 27.6. The number of fused-ring (bicyclic) bond motifs is 1. The molecule has 3 rings (SSSR count). The number of phenols is 1. The molecule has 2 heterocycles. The molecule has 1 aromatic carbocycles. The Hall–Kier alpha value is -0.480. The van der Waals surface area contributed by atoms with Crippen LogP contribution in [-0.4, -0.2) is 46.6 Å². The first kappa shape index (κ1) is 15.4. The summed E-state index contributed by atoms with van der Waals surface area (Å²) in [7, 11) is 0. The molecule has 21 heavy (non-hydrogen) atoms. The lowest BCUT2D eigenvalue weighted by atomic mass is 9.96. The number of piperazine rings is 1. The lowest BCUT2D eigenvalue weighted by Gasteiger charge is -2.47. The summed E-state index contributed by atoms with van der Waals surface area (Å²) in [5.74, 6) is 0.166. The quantitative estimate of drug-likeness (QED) is 0.895. The van der Waals surface area contributed by atoms with Crippen molar-refractivity contribution >= 4 is 23.2 Å². The molecule has 2 fully saturated rings. The van der Waals surface area contributed by atoms with Gasteiger partial charge in [-0.3, -0.25) is 9.80 Å². The van der Waals surface area contributed by atoms with E-state index in [9.17, 15) is 5.11 Å². The highest BCUT2D eigenvalue weighted by Gasteiger charge is 2.33. The first-order chi connectivity index (χ1) is 10.0. The summed E-state index contributed by atoms with van der Waals surface area (Å²) >= 11 is 12.1. The highest BCUT2D eigenvalue weighted by Crippen LogP contribution is 2.33. The van der Waals surface area contributed by atoms with Gasteiger partial charge in [-0.05, 0) is 38.4 Å². The van der Waals surface area contributed by atoms with Crippen molar-refractivity contribution in [2.75, 3.05) is 19.6 Å². The molecular formula is C16H22Cl2N2O. The standard InChI is InChI=1S/C16H22Cl2N2O/c1-11-8-19-5-3-2-4-14(19)10-20(11)9-12-6-13(17)7-15(18)16(12)21/h6-7,11,14,21H,2-5,8-10H2,1H3. The van der Waals surface area contributed by atoms with Crippen LogP contribution in [0.15, 0.2) is 12.1 Å². The van der Waals surface area contributed by atoms with Crippen LogP contribution in [0.2, 0.25) is 10.0 Å². The van der Waals surface area contributed by atoms with Gasteiger partial charge in [-0.25, -0.2) is 0 Å². The Labute approximate surface area is 136 Å². The molecule has 1 N–H and O–H groups in total. The van der Waals surface area contributed by atoms with Gasteiger partial charge < -0.3 is 5.11 Å². The second-order valence-electron chi connectivity index (χ2n) is 6.32. The minimum absolute atomic E-state index is 0.166. The Morgan fingerprint density at radius 1 is 1.24 bits per heavy atom. The van der Waals surface area contributed by atoms with E-state index >= 15 is 0 Å². The summed E-state index contributed by atoms with van der Waals surface area (Å²) in [6.07, 6.45) is 3.94. The predicted octanol–water partition coefficient (Wildman–Crippen LogP) is 3.76. The van der Waals surface area contributed by atoms with Crippen LogP contribution in [0, 0.1) is 0 Å². The first-order valence-corrected chi connectivity index (χ1v) is 8.45. The Morgan fingerprint density at radius 2 is 2.05 bits per heavy atom. The molecule has 116 valence electrons. The summed E-state index contributed by atoms with van der Waals surface area (Å²) in [4.78, 5) is 5.06. The zero-order chi connectivity index (χ0) is 15.0. The predicted molar refractivity (Wildman–Crippen MR) is 87.2 cm³/mol. The third kappa shape index (κ3) is 3.31. The molecular weight excluding hydrogens is 307 g/mol. The number of phenolic OH excluding ortho intramolecular Hbond substituents is 1. The van der Waals surface area contributed by atoms with Crippen LogP contribution in [0.1, 0.15) is 31.7 Å². The van der Waals surface area contributed by atoms with E-state index in [1.54, 1.807) is 6.07 Å². The molecule has 0 aromatic heterocycles. The number of piperidine rings is 1. The molecule has 2 aliphatic rings. The van der Waals surface area contributed by atoms with Crippen molar-refractivity contribution in [3.63, 3.8) is 0 Å². The van der Waals surface area contributed by atoms with Gasteiger partial charge in [-0.15, -0.1) is 0 Å². The van der Waals surface area contributed by atoms with Gasteiger partial charge in [0.1, 0.15) is 5.75 Å². The lowest BCUT2D eigenvalue weighted by molar-refractivity contribution is 0.0108. The van der Waals surface area contributed by atoms with Gasteiger partial charge in [0.05, 0.1) is 5.02 Å². The maximum atomic E-state index is 10.1. The van der Waals surface area contributed by atoms with E-state index in [-0.39, 0.29) is 5.75 Å². The van der Waals surface area contributed by atoms with Crippen molar-refractivity contribution in [3.05, 3.63) is 27.7 Å². The fraction of sp³-hybridized carbons (Fsp3) is 0.625. The Kier molecular flexibility index (Phi) is 4.65. The maximum Gasteiger partial charge on any atom is 0.138 e. The van der Waals surface area contributed by atoms with E-state index in [2.05, 4.69) is 16.7 Å². The van der Waals surface area contributed by atoms with Crippen molar-refractivity contribution in [2.24, 2.45) is 0 Å². The van der Waals surface area contributed by atoms with Crippen molar-refractivity contribution in [1.29, 1.82) is 0 Å². The van der Waals surface area contributed by atoms with Crippen LogP contribution in [0.3, 0.4) is 0 Å². The van der Waals surface area contributed by atoms with E-state index < -0.39 is 0 Å². The van der Waals surface area contributed by atoms with Crippen molar-refractivity contribution < 1.29 is 5.11 Å². The molecule has 1 aromatic rings. The van der Waals surface area contributed by atoms with Crippen molar-refractivity contribution in [2.45, 2.75) is 44.8 Å². The number of rotatable bonds is 2. The second-order valence-corrected chi connectivity index (χ2v) is 7.16. The zero-order valence-electron chi connectivity index (χ0n) is 12.4. The first-order valence-electron chi connectivity index (χ1n) is 7.69. The van der Waals surface area contributed by atoms with Crippen molar-refractivity contribution in [1.82, 2.24) is 9.80 Å². The minimum atomic E-state index is 0.166. The number of aromatic hydroxyl groups is 1. The van der Waals surface area contributed by atoms with E-state index in [1.807, 2.05) is 6.07 Å². The van der Waals surface area contributed by atoms with Crippen LogP contribution in [0.4, 0.5) is 0 Å². The molecule has 2 atom stereocenters. The summed E-state index contributed by atoms with van der Waals surface area (Å²) < 4.78 is 0. The molecule has 0 spiro atoms. The van der Waals surface area contributed by atoms with E-state index in [1.165, 1.54) is 25.8 Å².